The van der Waals surface area contributed by atoms with Crippen LogP contribution in [-0.2, 0) is 11.2 Å². The first kappa shape index (κ1) is 18.9. The molecule has 126 valence electrons. The first-order chi connectivity index (χ1) is 10.6. The molecule has 0 bridgehead atoms. The van der Waals surface area contributed by atoms with E-state index >= 15 is 0 Å². The summed E-state index contributed by atoms with van der Waals surface area (Å²) in [5.41, 5.74) is -0.316. The number of rotatable bonds is 5. The maximum absolute atomic E-state index is 13.9. The molecule has 0 aliphatic rings. The van der Waals surface area contributed by atoms with E-state index in [1.165, 1.54) is 12.1 Å². The topological polar surface area (TPSA) is 103 Å². The van der Waals surface area contributed by atoms with E-state index in [0.29, 0.717) is 5.56 Å². The van der Waals surface area contributed by atoms with Crippen molar-refractivity contribution in [1.82, 2.24) is 5.32 Å². The normalized spacial score (nSPS) is 13.8. The van der Waals surface area contributed by atoms with Gasteiger partial charge in [0.15, 0.2) is 0 Å². The second-order valence-electron chi connectivity index (χ2n) is 6.09. The van der Waals surface area contributed by atoms with Crippen LogP contribution in [0.1, 0.15) is 38.0 Å². The largest absolute Gasteiger partial charge is 0.444 e. The molecule has 0 aromatic heterocycles. The number of ether oxygens (including phenoxy) is 1. The first-order valence-electron chi connectivity index (χ1n) is 7.12. The Labute approximate surface area is 134 Å². The number of amides is 1. The minimum absolute atomic E-state index is 0.0516. The summed E-state index contributed by atoms with van der Waals surface area (Å²) in [7, 11) is 0. The van der Waals surface area contributed by atoms with Crippen molar-refractivity contribution in [1.29, 1.82) is 5.26 Å². The standard InChI is InChI=1S/C16H21FN2O4/c1-16(2,3)23-15(22)19-9-13(20)14(21)11-5-4-10(6-7-18)8-12(11)17/h4-5,8,13-14,20-21H,6,9H2,1-3H3,(H,19,22). The lowest BCUT2D eigenvalue weighted by molar-refractivity contribution is 0.0113. The van der Waals surface area contributed by atoms with Crippen molar-refractivity contribution in [2.24, 2.45) is 0 Å². The number of nitrogens with one attached hydrogen (secondary N) is 1. The number of hydrogen-bond acceptors (Lipinski definition) is 5. The Hall–Kier alpha value is -2.17. The molecule has 0 saturated carbocycles. The zero-order valence-corrected chi connectivity index (χ0v) is 13.3. The van der Waals surface area contributed by atoms with Crippen LogP contribution in [0.15, 0.2) is 18.2 Å². The Morgan fingerprint density at radius 2 is 2.09 bits per heavy atom. The Kier molecular flexibility index (Phi) is 6.49. The van der Waals surface area contributed by atoms with Gasteiger partial charge < -0.3 is 20.3 Å². The number of nitriles is 1. The Bertz CT molecular complexity index is 593. The third kappa shape index (κ3) is 6.22. The van der Waals surface area contributed by atoms with Crippen LogP contribution in [0.2, 0.25) is 0 Å². The van der Waals surface area contributed by atoms with E-state index in [-0.39, 0.29) is 18.5 Å². The van der Waals surface area contributed by atoms with Crippen molar-refractivity contribution in [3.05, 3.63) is 35.1 Å². The zero-order valence-electron chi connectivity index (χ0n) is 13.3. The molecule has 1 rings (SSSR count). The van der Waals surface area contributed by atoms with Crippen molar-refractivity contribution >= 4 is 6.09 Å². The molecule has 1 aromatic carbocycles. The van der Waals surface area contributed by atoms with E-state index in [2.05, 4.69) is 5.32 Å². The van der Waals surface area contributed by atoms with Crippen molar-refractivity contribution in [3.8, 4) is 6.07 Å². The Morgan fingerprint density at radius 1 is 1.43 bits per heavy atom. The molecule has 0 heterocycles. The summed E-state index contributed by atoms with van der Waals surface area (Å²) in [6, 6.07) is 5.84. The van der Waals surface area contributed by atoms with E-state index in [1.807, 2.05) is 6.07 Å². The van der Waals surface area contributed by atoms with Gasteiger partial charge in [0, 0.05) is 12.1 Å². The van der Waals surface area contributed by atoms with Gasteiger partial charge in [-0.15, -0.1) is 0 Å². The van der Waals surface area contributed by atoms with Crippen LogP contribution in [0.4, 0.5) is 9.18 Å². The van der Waals surface area contributed by atoms with Crippen LogP contribution >= 0.6 is 0 Å². The lowest BCUT2D eigenvalue weighted by atomic mass is 10.0. The van der Waals surface area contributed by atoms with Crippen LogP contribution in [0.5, 0.6) is 0 Å². The molecule has 6 nitrogen and oxygen atoms in total. The number of hydrogen-bond donors (Lipinski definition) is 3. The van der Waals surface area contributed by atoms with Crippen LogP contribution < -0.4 is 5.32 Å². The molecule has 1 aromatic rings. The summed E-state index contributed by atoms with van der Waals surface area (Å²) >= 11 is 0. The van der Waals surface area contributed by atoms with Gasteiger partial charge in [0.1, 0.15) is 23.6 Å². The van der Waals surface area contributed by atoms with Crippen molar-refractivity contribution < 1.29 is 24.1 Å². The minimum Gasteiger partial charge on any atom is -0.444 e. The lowest BCUT2D eigenvalue weighted by Crippen LogP contribution is -2.39. The molecule has 0 radical (unpaired) electrons. The number of aliphatic hydroxyl groups excluding tert-OH is 2. The summed E-state index contributed by atoms with van der Waals surface area (Å²) in [5, 5.41) is 30.7. The fourth-order valence-corrected chi connectivity index (χ4v) is 1.83. The van der Waals surface area contributed by atoms with E-state index in [4.69, 9.17) is 10.00 Å². The lowest BCUT2D eigenvalue weighted by Gasteiger charge is -2.22. The summed E-state index contributed by atoms with van der Waals surface area (Å²) in [4.78, 5) is 11.5. The van der Waals surface area contributed by atoms with Gasteiger partial charge in [-0.3, -0.25) is 0 Å². The van der Waals surface area contributed by atoms with Crippen molar-refractivity contribution in [3.63, 3.8) is 0 Å². The second kappa shape index (κ2) is 7.90. The van der Waals surface area contributed by atoms with E-state index in [9.17, 15) is 19.4 Å². The van der Waals surface area contributed by atoms with Gasteiger partial charge in [-0.2, -0.15) is 5.26 Å². The summed E-state index contributed by atoms with van der Waals surface area (Å²) in [6.07, 6.45) is -3.61. The van der Waals surface area contributed by atoms with Crippen LogP contribution in [-0.4, -0.2) is 34.6 Å². The highest BCUT2D eigenvalue weighted by molar-refractivity contribution is 5.67. The average molecular weight is 324 g/mol. The number of carbonyl (C=O) groups is 1. The molecule has 0 spiro atoms. The average Bonchev–Trinajstić information content (AvgIpc) is 2.43. The molecule has 0 aliphatic heterocycles. The number of carbonyl (C=O) groups excluding carboxylic acids is 1. The Morgan fingerprint density at radius 3 is 2.61 bits per heavy atom. The molecule has 2 atom stereocenters. The third-order valence-electron chi connectivity index (χ3n) is 2.89. The van der Waals surface area contributed by atoms with Gasteiger partial charge in [-0.1, -0.05) is 12.1 Å². The van der Waals surface area contributed by atoms with E-state index in [0.717, 1.165) is 6.07 Å². The number of nitrogens with zero attached hydrogens (tertiary/aromatic N) is 1. The molecule has 7 heteroatoms. The number of halogens is 1. The summed E-state index contributed by atoms with van der Waals surface area (Å²) in [6.45, 7) is 4.78. The molecule has 0 fully saturated rings. The van der Waals surface area contributed by atoms with Crippen LogP contribution in [0.25, 0.3) is 0 Å². The van der Waals surface area contributed by atoms with Gasteiger partial charge in [0.05, 0.1) is 12.5 Å². The summed E-state index contributed by atoms with van der Waals surface area (Å²) < 4.78 is 18.9. The van der Waals surface area contributed by atoms with Crippen LogP contribution in [0, 0.1) is 17.1 Å². The molecule has 23 heavy (non-hydrogen) atoms. The fraction of sp³-hybridized carbons (Fsp3) is 0.500. The van der Waals surface area contributed by atoms with Gasteiger partial charge in [0.2, 0.25) is 0 Å². The molecule has 1 amide bonds. The number of alkyl carbamates (subject to hydrolysis) is 1. The van der Waals surface area contributed by atoms with Crippen molar-refractivity contribution in [2.75, 3.05) is 6.54 Å². The molecular weight excluding hydrogens is 303 g/mol. The highest BCUT2D eigenvalue weighted by Crippen LogP contribution is 2.21. The third-order valence-corrected chi connectivity index (χ3v) is 2.89. The molecule has 0 aliphatic carbocycles. The van der Waals surface area contributed by atoms with Crippen molar-refractivity contribution in [2.45, 2.75) is 45.0 Å². The predicted molar refractivity (Wildman–Crippen MR) is 80.9 cm³/mol. The monoisotopic (exact) mass is 324 g/mol. The number of aliphatic hydroxyl groups is 2. The fourth-order valence-electron chi connectivity index (χ4n) is 1.83. The Balaban J connectivity index is 2.65. The minimum atomic E-state index is -1.51. The summed E-state index contributed by atoms with van der Waals surface area (Å²) in [5.74, 6) is -0.721. The quantitative estimate of drug-likeness (QED) is 0.766. The van der Waals surface area contributed by atoms with Gasteiger partial charge >= 0.3 is 6.09 Å². The molecular formula is C16H21FN2O4. The van der Waals surface area contributed by atoms with Gasteiger partial charge in [-0.05, 0) is 32.4 Å². The predicted octanol–water partition coefficient (Wildman–Crippen LogP) is 1.81. The van der Waals surface area contributed by atoms with Crippen LogP contribution in [0.3, 0.4) is 0 Å². The SMILES string of the molecule is CC(C)(C)OC(=O)NCC(O)C(O)c1ccc(CC#N)cc1F. The maximum atomic E-state index is 13.9. The highest BCUT2D eigenvalue weighted by Gasteiger charge is 2.23. The second-order valence-corrected chi connectivity index (χ2v) is 6.09. The molecule has 3 N–H and O–H groups in total. The van der Waals surface area contributed by atoms with Gasteiger partial charge in [-0.25, -0.2) is 9.18 Å². The zero-order chi connectivity index (χ0) is 17.6. The van der Waals surface area contributed by atoms with E-state index in [1.54, 1.807) is 20.8 Å². The van der Waals surface area contributed by atoms with E-state index < -0.39 is 29.7 Å². The first-order valence-corrected chi connectivity index (χ1v) is 7.12. The van der Waals surface area contributed by atoms with Gasteiger partial charge in [0.25, 0.3) is 0 Å². The molecule has 2 unspecified atom stereocenters. The highest BCUT2D eigenvalue weighted by atomic mass is 19.1. The molecule has 0 saturated heterocycles. The smallest absolute Gasteiger partial charge is 0.407 e. The maximum Gasteiger partial charge on any atom is 0.407 e. The number of benzene rings is 1.